The number of benzene rings is 1. The maximum atomic E-state index is 6.12. The minimum Gasteiger partial charge on any atom is -0.356 e. The summed E-state index contributed by atoms with van der Waals surface area (Å²) in [6.07, 6.45) is 4.90. The number of halogens is 2. The van der Waals surface area contributed by atoms with E-state index in [0.29, 0.717) is 0 Å². The van der Waals surface area contributed by atoms with E-state index in [4.69, 9.17) is 11.6 Å². The highest BCUT2D eigenvalue weighted by atomic mass is 127. The molecule has 162 valence electrons. The fourth-order valence-electron chi connectivity index (χ4n) is 3.21. The average Bonchev–Trinajstić information content (AvgIpc) is 3.03. The Labute approximate surface area is 197 Å². The van der Waals surface area contributed by atoms with Gasteiger partial charge in [-0.1, -0.05) is 37.6 Å². The highest BCUT2D eigenvalue weighted by molar-refractivity contribution is 14.0. The lowest BCUT2D eigenvalue weighted by Crippen LogP contribution is -2.45. The van der Waals surface area contributed by atoms with Crippen molar-refractivity contribution in [3.8, 4) is 0 Å². The molecule has 0 aliphatic heterocycles. The molecule has 0 radical (unpaired) electrons. The Hall–Kier alpha value is -1.32. The molecule has 2 aromatic rings. The number of hydrogen-bond donors (Lipinski definition) is 2. The van der Waals surface area contributed by atoms with Gasteiger partial charge in [-0.3, -0.25) is 9.67 Å². The number of aliphatic imine (C=N–C) groups is 1. The molecule has 1 atom stereocenters. The Kier molecular flexibility index (Phi) is 10.4. The van der Waals surface area contributed by atoms with Gasteiger partial charge >= 0.3 is 0 Å². The van der Waals surface area contributed by atoms with Crippen molar-refractivity contribution in [2.75, 3.05) is 34.2 Å². The van der Waals surface area contributed by atoms with Crippen molar-refractivity contribution in [3.63, 3.8) is 0 Å². The Morgan fingerprint density at radius 1 is 1.31 bits per heavy atom. The lowest BCUT2D eigenvalue weighted by molar-refractivity contribution is 0.297. The molecule has 29 heavy (non-hydrogen) atoms. The van der Waals surface area contributed by atoms with Gasteiger partial charge in [0.15, 0.2) is 5.96 Å². The molecule has 1 aromatic carbocycles. The van der Waals surface area contributed by atoms with E-state index in [1.54, 1.807) is 7.05 Å². The van der Waals surface area contributed by atoms with Crippen LogP contribution in [-0.2, 0) is 13.5 Å². The number of rotatable bonds is 8. The van der Waals surface area contributed by atoms with Gasteiger partial charge in [0.25, 0.3) is 0 Å². The van der Waals surface area contributed by atoms with Crippen molar-refractivity contribution in [2.24, 2.45) is 17.5 Å². The van der Waals surface area contributed by atoms with Crippen molar-refractivity contribution in [2.45, 2.75) is 26.3 Å². The van der Waals surface area contributed by atoms with Crippen LogP contribution in [0.3, 0.4) is 0 Å². The summed E-state index contributed by atoms with van der Waals surface area (Å²) in [6.45, 7) is 6.03. The smallest absolute Gasteiger partial charge is 0.191 e. The van der Waals surface area contributed by atoms with Gasteiger partial charge in [0.05, 0.1) is 12.2 Å². The van der Waals surface area contributed by atoms with Gasteiger partial charge in [0.1, 0.15) is 0 Å². The largest absolute Gasteiger partial charge is 0.356 e. The number of aryl methyl sites for hydroxylation is 1. The molecule has 0 aliphatic carbocycles. The third-order valence-electron chi connectivity index (χ3n) is 4.73. The maximum absolute atomic E-state index is 6.12. The zero-order chi connectivity index (χ0) is 20.7. The van der Waals surface area contributed by atoms with Gasteiger partial charge in [-0.15, -0.1) is 24.0 Å². The van der Waals surface area contributed by atoms with E-state index in [9.17, 15) is 0 Å². The van der Waals surface area contributed by atoms with Gasteiger partial charge in [0, 0.05) is 44.0 Å². The summed E-state index contributed by atoms with van der Waals surface area (Å²) < 4.78 is 1.83. The van der Waals surface area contributed by atoms with Gasteiger partial charge < -0.3 is 15.5 Å². The molecule has 1 unspecified atom stereocenters. The summed E-state index contributed by atoms with van der Waals surface area (Å²) in [5.74, 6) is 0.801. The van der Waals surface area contributed by atoms with Gasteiger partial charge in [-0.05, 0) is 43.6 Å². The van der Waals surface area contributed by atoms with E-state index in [-0.39, 0.29) is 35.4 Å². The van der Waals surface area contributed by atoms with Crippen molar-refractivity contribution >= 4 is 41.5 Å². The second kappa shape index (κ2) is 11.8. The van der Waals surface area contributed by atoms with Crippen LogP contribution in [0.25, 0.3) is 0 Å². The summed E-state index contributed by atoms with van der Waals surface area (Å²) in [7, 11) is 7.88. The molecular formula is C21H34ClIN6. The average molecular weight is 533 g/mol. The van der Waals surface area contributed by atoms with Crippen LogP contribution in [0.2, 0.25) is 5.02 Å². The van der Waals surface area contributed by atoms with E-state index in [2.05, 4.69) is 65.8 Å². The number of hydrogen-bond acceptors (Lipinski definition) is 3. The number of likely N-dealkylation sites (N-methyl/N-ethyl adjacent to an activating group) is 1. The molecule has 0 saturated heterocycles. The quantitative estimate of drug-likeness (QED) is 0.309. The normalized spacial score (nSPS) is 13.2. The number of nitrogens with one attached hydrogen (secondary N) is 2. The van der Waals surface area contributed by atoms with Crippen LogP contribution < -0.4 is 10.6 Å². The Balaban J connectivity index is 0.00000420. The molecule has 8 heteroatoms. The molecule has 0 spiro atoms. The molecule has 0 fully saturated rings. The standard InChI is InChI=1S/C21H33ClN6.HI/c1-21(2,11-16-8-7-9-18(22)10-16)15-25-20(23-3)24-13-19(27(4)5)17-12-26-28(6)14-17;/h7-10,12,14,19H,11,13,15H2,1-6H3,(H2,23,24,25);1H. The molecular weight excluding hydrogens is 499 g/mol. The van der Waals surface area contributed by atoms with Crippen LogP contribution in [0.5, 0.6) is 0 Å². The molecule has 2 N–H and O–H groups in total. The first kappa shape index (κ1) is 25.7. The Bertz CT molecular complexity index is 787. The van der Waals surface area contributed by atoms with Crippen molar-refractivity contribution in [3.05, 3.63) is 52.8 Å². The lowest BCUT2D eigenvalue weighted by atomic mass is 9.86. The number of nitrogens with zero attached hydrogens (tertiary/aromatic N) is 4. The highest BCUT2D eigenvalue weighted by Gasteiger charge is 2.20. The Morgan fingerprint density at radius 3 is 2.59 bits per heavy atom. The van der Waals surface area contributed by atoms with Crippen molar-refractivity contribution in [1.82, 2.24) is 25.3 Å². The number of guanidine groups is 1. The first-order valence-corrected chi connectivity index (χ1v) is 9.92. The van der Waals surface area contributed by atoms with Crippen molar-refractivity contribution in [1.29, 1.82) is 0 Å². The van der Waals surface area contributed by atoms with E-state index < -0.39 is 0 Å². The zero-order valence-corrected chi connectivity index (χ0v) is 21.3. The second-order valence-corrected chi connectivity index (χ2v) is 8.64. The van der Waals surface area contributed by atoms with Gasteiger partial charge in [-0.2, -0.15) is 5.10 Å². The van der Waals surface area contributed by atoms with E-state index in [1.165, 1.54) is 11.1 Å². The molecule has 1 aromatic heterocycles. The summed E-state index contributed by atoms with van der Waals surface area (Å²) >= 11 is 6.12. The first-order valence-electron chi connectivity index (χ1n) is 9.54. The van der Waals surface area contributed by atoms with E-state index in [1.807, 2.05) is 36.1 Å². The summed E-state index contributed by atoms with van der Waals surface area (Å²) in [4.78, 5) is 6.56. The van der Waals surface area contributed by atoms with Gasteiger partial charge in [0.2, 0.25) is 0 Å². The predicted octanol–water partition coefficient (Wildman–Crippen LogP) is 3.73. The van der Waals surface area contributed by atoms with Crippen LogP contribution in [-0.4, -0.2) is 54.9 Å². The highest BCUT2D eigenvalue weighted by Crippen LogP contribution is 2.23. The van der Waals surface area contributed by atoms with Crippen LogP contribution >= 0.6 is 35.6 Å². The maximum Gasteiger partial charge on any atom is 0.191 e. The van der Waals surface area contributed by atoms with Crippen LogP contribution in [0, 0.1) is 5.41 Å². The fraction of sp³-hybridized carbons (Fsp3) is 0.524. The second-order valence-electron chi connectivity index (χ2n) is 8.20. The number of aromatic nitrogens is 2. The molecule has 0 aliphatic rings. The predicted molar refractivity (Wildman–Crippen MR) is 133 cm³/mol. The minimum absolute atomic E-state index is 0. The van der Waals surface area contributed by atoms with Crippen molar-refractivity contribution < 1.29 is 0 Å². The Morgan fingerprint density at radius 2 is 2.03 bits per heavy atom. The zero-order valence-electron chi connectivity index (χ0n) is 18.2. The molecule has 1 heterocycles. The summed E-state index contributed by atoms with van der Waals surface area (Å²) in [5, 5.41) is 12.0. The fourth-order valence-corrected chi connectivity index (χ4v) is 3.42. The van der Waals surface area contributed by atoms with Gasteiger partial charge in [-0.25, -0.2) is 0 Å². The van der Waals surface area contributed by atoms with E-state index in [0.717, 1.165) is 30.5 Å². The molecule has 0 saturated carbocycles. The monoisotopic (exact) mass is 532 g/mol. The topological polar surface area (TPSA) is 57.5 Å². The van der Waals surface area contributed by atoms with Crippen LogP contribution in [0.4, 0.5) is 0 Å². The van der Waals surface area contributed by atoms with Crippen LogP contribution in [0.1, 0.15) is 31.0 Å². The first-order chi connectivity index (χ1) is 13.2. The third-order valence-corrected chi connectivity index (χ3v) is 4.96. The van der Waals surface area contributed by atoms with Crippen LogP contribution in [0.15, 0.2) is 41.7 Å². The molecule has 0 amide bonds. The summed E-state index contributed by atoms with van der Waals surface area (Å²) in [6, 6.07) is 8.28. The molecule has 6 nitrogen and oxygen atoms in total. The molecule has 0 bridgehead atoms. The summed E-state index contributed by atoms with van der Waals surface area (Å²) in [5.41, 5.74) is 2.48. The lowest BCUT2D eigenvalue weighted by Gasteiger charge is -2.28. The third kappa shape index (κ3) is 8.52. The van der Waals surface area contributed by atoms with E-state index >= 15 is 0 Å². The minimum atomic E-state index is 0. The molecule has 2 rings (SSSR count). The SMILES string of the molecule is CN=C(NCC(c1cnn(C)c1)N(C)C)NCC(C)(C)Cc1cccc(Cl)c1.I.